The molecule has 0 saturated carbocycles. The highest BCUT2D eigenvalue weighted by molar-refractivity contribution is 5.97. The molecule has 1 heterocycles. The lowest BCUT2D eigenvalue weighted by atomic mass is 10.0. The zero-order valence-corrected chi connectivity index (χ0v) is 15.9. The van der Waals surface area contributed by atoms with Gasteiger partial charge in [-0.3, -0.25) is 9.59 Å². The number of carbonyl (C=O) groups excluding carboxylic acids is 2. The third-order valence-corrected chi connectivity index (χ3v) is 5.11. The van der Waals surface area contributed by atoms with Gasteiger partial charge in [-0.2, -0.15) is 0 Å². The first kappa shape index (κ1) is 19.1. The minimum absolute atomic E-state index is 0.00131. The summed E-state index contributed by atoms with van der Waals surface area (Å²) in [6.45, 7) is 0.592. The largest absolute Gasteiger partial charge is 0.377 e. The molecule has 1 unspecified atom stereocenters. The number of hydrogen-bond acceptors (Lipinski definition) is 3. The molecule has 2 aromatic carbocycles. The Morgan fingerprint density at radius 3 is 2.56 bits per heavy atom. The fourth-order valence-corrected chi connectivity index (χ4v) is 3.49. The third-order valence-electron chi connectivity index (χ3n) is 5.11. The second kappa shape index (κ2) is 8.82. The second-order valence-corrected chi connectivity index (χ2v) is 6.83. The summed E-state index contributed by atoms with van der Waals surface area (Å²) >= 11 is 0. The van der Waals surface area contributed by atoms with Gasteiger partial charge in [0, 0.05) is 38.4 Å². The minimum Gasteiger partial charge on any atom is -0.377 e. The number of benzene rings is 2. The van der Waals surface area contributed by atoms with Gasteiger partial charge in [-0.25, -0.2) is 0 Å². The lowest BCUT2D eigenvalue weighted by Crippen LogP contribution is -2.41. The molecule has 5 heteroatoms. The van der Waals surface area contributed by atoms with Crippen LogP contribution in [0, 0.1) is 0 Å². The lowest BCUT2D eigenvalue weighted by Gasteiger charge is -2.24. The molecule has 0 saturated heterocycles. The molecule has 3 rings (SSSR count). The van der Waals surface area contributed by atoms with Crippen molar-refractivity contribution in [3.8, 4) is 0 Å². The van der Waals surface area contributed by atoms with Crippen LogP contribution in [0.25, 0.3) is 0 Å². The first-order valence-electron chi connectivity index (χ1n) is 9.30. The number of para-hydroxylation sites is 1. The summed E-state index contributed by atoms with van der Waals surface area (Å²) < 4.78 is 5.67. The van der Waals surface area contributed by atoms with Gasteiger partial charge in [0.05, 0.1) is 6.10 Å². The van der Waals surface area contributed by atoms with E-state index in [1.54, 1.807) is 24.0 Å². The van der Waals surface area contributed by atoms with Crippen LogP contribution in [0.1, 0.15) is 30.1 Å². The first-order valence-corrected chi connectivity index (χ1v) is 9.30. The Hall–Kier alpha value is -2.66. The topological polar surface area (TPSA) is 49.9 Å². The van der Waals surface area contributed by atoms with Crippen LogP contribution >= 0.6 is 0 Å². The van der Waals surface area contributed by atoms with E-state index in [0.29, 0.717) is 25.8 Å². The molecule has 0 aromatic heterocycles. The van der Waals surface area contributed by atoms with Gasteiger partial charge in [0.2, 0.25) is 11.8 Å². The molecule has 142 valence electrons. The van der Waals surface area contributed by atoms with Gasteiger partial charge in [0.1, 0.15) is 6.54 Å². The highest BCUT2D eigenvalue weighted by Gasteiger charge is 2.27. The number of methoxy groups -OCH3 is 1. The third kappa shape index (κ3) is 4.55. The molecule has 2 amide bonds. The average Bonchev–Trinajstić information content (AvgIpc) is 2.76. The molecular formula is C22H26N2O3. The number of hydrogen-bond donors (Lipinski definition) is 0. The zero-order valence-electron chi connectivity index (χ0n) is 15.9. The molecule has 0 aliphatic carbocycles. The van der Waals surface area contributed by atoms with Gasteiger partial charge in [-0.1, -0.05) is 48.5 Å². The number of rotatable bonds is 4. The van der Waals surface area contributed by atoms with E-state index in [-0.39, 0.29) is 24.5 Å². The van der Waals surface area contributed by atoms with E-state index in [2.05, 4.69) is 0 Å². The van der Waals surface area contributed by atoms with E-state index >= 15 is 0 Å². The van der Waals surface area contributed by atoms with Gasteiger partial charge in [0.25, 0.3) is 0 Å². The van der Waals surface area contributed by atoms with Crippen LogP contribution in [0.5, 0.6) is 0 Å². The van der Waals surface area contributed by atoms with E-state index in [9.17, 15) is 9.59 Å². The van der Waals surface area contributed by atoms with Crippen LogP contribution in [-0.4, -0.2) is 44.0 Å². The molecule has 1 aliphatic heterocycles. The highest BCUT2D eigenvalue weighted by Crippen LogP contribution is 2.31. The number of fused-ring (bicyclic) bond motifs is 1. The second-order valence-electron chi connectivity index (χ2n) is 6.83. The number of anilines is 1. The predicted octanol–water partition coefficient (Wildman–Crippen LogP) is 3.20. The monoisotopic (exact) mass is 366 g/mol. The number of ether oxygens (including phenoxy) is 1. The molecule has 27 heavy (non-hydrogen) atoms. The van der Waals surface area contributed by atoms with E-state index < -0.39 is 0 Å². The van der Waals surface area contributed by atoms with Crippen LogP contribution < -0.4 is 4.90 Å². The number of likely N-dealkylation sites (N-methyl/N-ethyl adjacent to an activating group) is 1. The number of carbonyl (C=O) groups is 2. The Labute approximate surface area is 160 Å². The SMILES string of the molecule is COC1CCN(C(=O)CCc2ccccc2)CC(=O)N(C)c2ccccc21. The molecule has 0 spiro atoms. The molecule has 0 bridgehead atoms. The summed E-state index contributed by atoms with van der Waals surface area (Å²) in [6.07, 6.45) is 1.57. The smallest absolute Gasteiger partial charge is 0.246 e. The van der Waals surface area contributed by atoms with Gasteiger partial charge in [0.15, 0.2) is 0 Å². The maximum Gasteiger partial charge on any atom is 0.246 e. The molecule has 2 aromatic rings. The van der Waals surface area contributed by atoms with Crippen molar-refractivity contribution >= 4 is 17.5 Å². The van der Waals surface area contributed by atoms with Crippen molar-refractivity contribution in [2.45, 2.75) is 25.4 Å². The van der Waals surface area contributed by atoms with E-state index in [1.165, 1.54) is 0 Å². The van der Waals surface area contributed by atoms with Crippen molar-refractivity contribution in [3.63, 3.8) is 0 Å². The minimum atomic E-state index is -0.154. The quantitative estimate of drug-likeness (QED) is 0.835. The Morgan fingerprint density at radius 1 is 1.11 bits per heavy atom. The maximum atomic E-state index is 12.8. The Morgan fingerprint density at radius 2 is 1.81 bits per heavy atom. The molecular weight excluding hydrogens is 340 g/mol. The van der Waals surface area contributed by atoms with Crippen LogP contribution in [0.4, 0.5) is 5.69 Å². The van der Waals surface area contributed by atoms with Crippen molar-refractivity contribution in [2.75, 3.05) is 32.1 Å². The van der Waals surface area contributed by atoms with Crippen LogP contribution in [0.15, 0.2) is 54.6 Å². The van der Waals surface area contributed by atoms with Gasteiger partial charge < -0.3 is 14.5 Å². The Kier molecular flexibility index (Phi) is 6.24. The summed E-state index contributed by atoms with van der Waals surface area (Å²) in [5.41, 5.74) is 2.95. The van der Waals surface area contributed by atoms with Gasteiger partial charge in [-0.05, 0) is 24.5 Å². The highest BCUT2D eigenvalue weighted by atomic mass is 16.5. The van der Waals surface area contributed by atoms with Gasteiger partial charge >= 0.3 is 0 Å². The normalized spacial score (nSPS) is 17.7. The van der Waals surface area contributed by atoms with E-state index in [1.807, 2.05) is 54.6 Å². The van der Waals surface area contributed by atoms with Crippen LogP contribution in [0.3, 0.4) is 0 Å². The molecule has 1 aliphatic rings. The standard InChI is InChI=1S/C22H26N2O3/c1-23-19-11-7-6-10-18(19)20(27-2)14-15-24(16-22(23)26)21(25)13-12-17-8-4-3-5-9-17/h3-11,20H,12-16H2,1-2H3. The van der Waals surface area contributed by atoms with Crippen molar-refractivity contribution in [3.05, 3.63) is 65.7 Å². The van der Waals surface area contributed by atoms with E-state index in [4.69, 9.17) is 4.74 Å². The van der Waals surface area contributed by atoms with E-state index in [0.717, 1.165) is 16.8 Å². The summed E-state index contributed by atoms with van der Waals surface area (Å²) in [7, 11) is 3.43. The molecule has 1 atom stereocenters. The summed E-state index contributed by atoms with van der Waals surface area (Å²) in [4.78, 5) is 28.8. The molecule has 0 N–H and O–H groups in total. The zero-order chi connectivity index (χ0) is 19.2. The Bertz CT molecular complexity index is 791. The van der Waals surface area contributed by atoms with Crippen molar-refractivity contribution in [2.24, 2.45) is 0 Å². The Balaban J connectivity index is 1.75. The summed E-state index contributed by atoms with van der Waals surface area (Å²) in [6, 6.07) is 17.7. The molecule has 0 radical (unpaired) electrons. The van der Waals surface area contributed by atoms with Crippen molar-refractivity contribution < 1.29 is 14.3 Å². The van der Waals surface area contributed by atoms with Crippen LogP contribution in [-0.2, 0) is 20.7 Å². The average molecular weight is 366 g/mol. The number of amides is 2. The summed E-state index contributed by atoms with van der Waals surface area (Å²) in [5, 5.41) is 0. The van der Waals surface area contributed by atoms with Gasteiger partial charge in [-0.15, -0.1) is 0 Å². The maximum absolute atomic E-state index is 12.8. The van der Waals surface area contributed by atoms with Crippen LogP contribution in [0.2, 0.25) is 0 Å². The number of aryl methyl sites for hydroxylation is 1. The fourth-order valence-electron chi connectivity index (χ4n) is 3.49. The predicted molar refractivity (Wildman–Crippen MR) is 106 cm³/mol. The van der Waals surface area contributed by atoms with Crippen molar-refractivity contribution in [1.82, 2.24) is 4.90 Å². The molecule has 0 fully saturated rings. The fraction of sp³-hybridized carbons (Fsp3) is 0.364. The lowest BCUT2D eigenvalue weighted by molar-refractivity contribution is -0.135. The summed E-state index contributed by atoms with van der Waals surface area (Å²) in [5.74, 6) is -0.0892. The van der Waals surface area contributed by atoms with Crippen molar-refractivity contribution in [1.29, 1.82) is 0 Å². The first-order chi connectivity index (χ1) is 13.1. The molecule has 5 nitrogen and oxygen atoms in total. The number of nitrogens with zero attached hydrogens (tertiary/aromatic N) is 2.